The number of hydrogen-bond donors (Lipinski definition) is 1. The van der Waals surface area contributed by atoms with Gasteiger partial charge in [-0.25, -0.2) is 0 Å². The molecule has 0 bridgehead atoms. The maximum absolute atomic E-state index is 11.8. The molecule has 0 aromatic heterocycles. The summed E-state index contributed by atoms with van der Waals surface area (Å²) in [5.41, 5.74) is -0.175. The van der Waals surface area contributed by atoms with Crippen LogP contribution in [0.5, 0.6) is 0 Å². The fourth-order valence-corrected chi connectivity index (χ4v) is 1.68. The van der Waals surface area contributed by atoms with Crippen molar-refractivity contribution in [2.24, 2.45) is 5.41 Å². The molecule has 4 heteroatoms. The van der Waals surface area contributed by atoms with Gasteiger partial charge in [-0.2, -0.15) is 13.2 Å². The highest BCUT2D eigenvalue weighted by Crippen LogP contribution is 2.52. The van der Waals surface area contributed by atoms with Crippen molar-refractivity contribution >= 4 is 0 Å². The molecule has 0 saturated heterocycles. The second-order valence-electron chi connectivity index (χ2n) is 4.01. The van der Waals surface area contributed by atoms with Gasteiger partial charge in [0.25, 0.3) is 0 Å². The number of aliphatic hydroxyl groups is 1. The molecule has 78 valence electrons. The summed E-state index contributed by atoms with van der Waals surface area (Å²) in [4.78, 5) is 0. The summed E-state index contributed by atoms with van der Waals surface area (Å²) in [7, 11) is 0. The molecule has 1 aliphatic carbocycles. The molecule has 1 unspecified atom stereocenters. The van der Waals surface area contributed by atoms with Crippen LogP contribution in [0.3, 0.4) is 0 Å². The lowest BCUT2D eigenvalue weighted by molar-refractivity contribution is -0.136. The van der Waals surface area contributed by atoms with Gasteiger partial charge in [-0.1, -0.05) is 0 Å². The SMILES string of the molecule is CC(O)C1(CCCC(F)(F)F)CC1. The highest BCUT2D eigenvalue weighted by molar-refractivity contribution is 4.96. The van der Waals surface area contributed by atoms with E-state index in [-0.39, 0.29) is 11.8 Å². The summed E-state index contributed by atoms with van der Waals surface area (Å²) in [6.45, 7) is 1.67. The molecule has 0 aromatic carbocycles. The van der Waals surface area contributed by atoms with Crippen molar-refractivity contribution in [3.05, 3.63) is 0 Å². The van der Waals surface area contributed by atoms with E-state index in [2.05, 4.69) is 0 Å². The minimum Gasteiger partial charge on any atom is -0.393 e. The van der Waals surface area contributed by atoms with Crippen LogP contribution in [0.25, 0.3) is 0 Å². The molecule has 1 fully saturated rings. The highest BCUT2D eigenvalue weighted by atomic mass is 19.4. The Bertz CT molecular complexity index is 170. The number of halogens is 3. The lowest BCUT2D eigenvalue weighted by Gasteiger charge is -2.18. The van der Waals surface area contributed by atoms with E-state index in [1.54, 1.807) is 6.92 Å². The van der Waals surface area contributed by atoms with E-state index in [9.17, 15) is 18.3 Å². The molecule has 0 aliphatic heterocycles. The summed E-state index contributed by atoms with van der Waals surface area (Å²) in [5.74, 6) is 0. The Hall–Kier alpha value is -0.250. The first kappa shape index (κ1) is 10.8. The molecule has 1 saturated carbocycles. The van der Waals surface area contributed by atoms with Gasteiger partial charge in [0.15, 0.2) is 0 Å². The van der Waals surface area contributed by atoms with Crippen LogP contribution >= 0.6 is 0 Å². The lowest BCUT2D eigenvalue weighted by Crippen LogP contribution is -2.19. The minimum absolute atomic E-state index is 0.147. The van der Waals surface area contributed by atoms with Crippen LogP contribution in [0.15, 0.2) is 0 Å². The van der Waals surface area contributed by atoms with E-state index in [1.807, 2.05) is 0 Å². The Morgan fingerprint density at radius 3 is 2.23 bits per heavy atom. The Kier molecular flexibility index (Phi) is 2.90. The van der Waals surface area contributed by atoms with Crippen LogP contribution in [0.1, 0.15) is 39.0 Å². The van der Waals surface area contributed by atoms with Gasteiger partial charge in [0.1, 0.15) is 0 Å². The minimum atomic E-state index is -4.05. The molecule has 13 heavy (non-hydrogen) atoms. The van der Waals surface area contributed by atoms with Crippen LogP contribution in [-0.2, 0) is 0 Å². The largest absolute Gasteiger partial charge is 0.393 e. The number of aliphatic hydroxyl groups excluding tert-OH is 1. The molecular formula is C9H15F3O. The molecule has 1 atom stereocenters. The van der Waals surface area contributed by atoms with Crippen molar-refractivity contribution in [1.82, 2.24) is 0 Å². The molecule has 0 radical (unpaired) electrons. The zero-order valence-electron chi connectivity index (χ0n) is 7.69. The van der Waals surface area contributed by atoms with Gasteiger partial charge in [0.2, 0.25) is 0 Å². The summed E-state index contributed by atoms with van der Waals surface area (Å²) in [6.07, 6.45) is -2.82. The van der Waals surface area contributed by atoms with E-state index in [0.29, 0.717) is 6.42 Å². The van der Waals surface area contributed by atoms with E-state index < -0.39 is 18.7 Å². The number of alkyl halides is 3. The zero-order chi connectivity index (χ0) is 10.1. The maximum Gasteiger partial charge on any atom is 0.389 e. The summed E-state index contributed by atoms with van der Waals surface area (Å²) >= 11 is 0. The molecule has 1 aliphatic rings. The van der Waals surface area contributed by atoms with Gasteiger partial charge in [-0.05, 0) is 38.0 Å². The molecule has 1 rings (SSSR count). The summed E-state index contributed by atoms with van der Waals surface area (Å²) in [5, 5.41) is 9.29. The summed E-state index contributed by atoms with van der Waals surface area (Å²) in [6, 6.07) is 0. The van der Waals surface area contributed by atoms with E-state index in [0.717, 1.165) is 12.8 Å². The first-order valence-electron chi connectivity index (χ1n) is 4.61. The third kappa shape index (κ3) is 3.18. The van der Waals surface area contributed by atoms with Crippen LogP contribution in [0.4, 0.5) is 13.2 Å². The predicted molar refractivity (Wildman–Crippen MR) is 43.3 cm³/mol. The first-order chi connectivity index (χ1) is 5.86. The second kappa shape index (κ2) is 3.48. The van der Waals surface area contributed by atoms with Crippen molar-refractivity contribution in [2.75, 3.05) is 0 Å². The topological polar surface area (TPSA) is 20.2 Å². The first-order valence-corrected chi connectivity index (χ1v) is 4.61. The monoisotopic (exact) mass is 196 g/mol. The van der Waals surface area contributed by atoms with Crippen molar-refractivity contribution < 1.29 is 18.3 Å². The van der Waals surface area contributed by atoms with E-state index in [4.69, 9.17) is 0 Å². The molecule has 1 nitrogen and oxygen atoms in total. The van der Waals surface area contributed by atoms with E-state index >= 15 is 0 Å². The average Bonchev–Trinajstić information content (AvgIpc) is 2.65. The lowest BCUT2D eigenvalue weighted by atomic mass is 9.93. The molecule has 0 aromatic rings. The van der Waals surface area contributed by atoms with Crippen LogP contribution in [0.2, 0.25) is 0 Å². The fourth-order valence-electron chi connectivity index (χ4n) is 1.68. The molecule has 0 amide bonds. The van der Waals surface area contributed by atoms with Crippen LogP contribution in [0, 0.1) is 5.41 Å². The van der Waals surface area contributed by atoms with Gasteiger partial charge in [0.05, 0.1) is 6.10 Å². The number of hydrogen-bond acceptors (Lipinski definition) is 1. The van der Waals surface area contributed by atoms with Gasteiger partial charge >= 0.3 is 6.18 Å². The van der Waals surface area contributed by atoms with Crippen LogP contribution in [-0.4, -0.2) is 17.4 Å². The second-order valence-corrected chi connectivity index (χ2v) is 4.01. The third-order valence-electron chi connectivity index (χ3n) is 2.91. The predicted octanol–water partition coefficient (Wildman–Crippen LogP) is 2.88. The van der Waals surface area contributed by atoms with Crippen LogP contribution < -0.4 is 0 Å². The normalized spacial score (nSPS) is 22.8. The summed E-state index contributed by atoms with van der Waals surface area (Å²) < 4.78 is 35.4. The quantitative estimate of drug-likeness (QED) is 0.733. The van der Waals surface area contributed by atoms with Gasteiger partial charge in [0, 0.05) is 6.42 Å². The Morgan fingerprint density at radius 2 is 1.92 bits per heavy atom. The standard InChI is InChI=1S/C9H15F3O/c1-7(13)8(5-6-8)3-2-4-9(10,11)12/h7,13H,2-6H2,1H3. The molecule has 0 spiro atoms. The Labute approximate surface area is 75.9 Å². The zero-order valence-corrected chi connectivity index (χ0v) is 7.69. The third-order valence-corrected chi connectivity index (χ3v) is 2.91. The fraction of sp³-hybridized carbons (Fsp3) is 1.00. The van der Waals surface area contributed by atoms with E-state index in [1.165, 1.54) is 0 Å². The van der Waals surface area contributed by atoms with Crippen molar-refractivity contribution in [3.8, 4) is 0 Å². The van der Waals surface area contributed by atoms with Gasteiger partial charge in [-0.15, -0.1) is 0 Å². The van der Waals surface area contributed by atoms with Gasteiger partial charge < -0.3 is 5.11 Å². The van der Waals surface area contributed by atoms with Crippen molar-refractivity contribution in [3.63, 3.8) is 0 Å². The molecular weight excluding hydrogens is 181 g/mol. The maximum atomic E-state index is 11.8. The molecule has 0 heterocycles. The smallest absolute Gasteiger partial charge is 0.389 e. The number of rotatable bonds is 4. The highest BCUT2D eigenvalue weighted by Gasteiger charge is 2.46. The average molecular weight is 196 g/mol. The Balaban J connectivity index is 2.20. The molecule has 1 N–H and O–H groups in total. The van der Waals surface area contributed by atoms with Crippen molar-refractivity contribution in [2.45, 2.75) is 51.3 Å². The van der Waals surface area contributed by atoms with Crippen molar-refractivity contribution in [1.29, 1.82) is 0 Å². The van der Waals surface area contributed by atoms with Gasteiger partial charge in [-0.3, -0.25) is 0 Å². The Morgan fingerprint density at radius 1 is 1.38 bits per heavy atom.